The molecule has 0 spiro atoms. The summed E-state index contributed by atoms with van der Waals surface area (Å²) >= 11 is 0. The minimum Gasteiger partial charge on any atom is -0.496 e. The van der Waals surface area contributed by atoms with Crippen LogP contribution in [0.2, 0.25) is 0 Å². The average Bonchev–Trinajstić information content (AvgIpc) is 2.33. The Bertz CT molecular complexity index is 545. The Kier molecular flexibility index (Phi) is 2.90. The molecule has 0 saturated carbocycles. The number of halogens is 2. The lowest BCUT2D eigenvalue weighted by molar-refractivity contribution is 0.407. The summed E-state index contributed by atoms with van der Waals surface area (Å²) in [5.41, 5.74) is 0.200. The summed E-state index contributed by atoms with van der Waals surface area (Å²) in [6.07, 6.45) is 0. The van der Waals surface area contributed by atoms with Gasteiger partial charge in [0, 0.05) is 6.07 Å². The predicted molar refractivity (Wildman–Crippen MR) is 54.3 cm³/mol. The van der Waals surface area contributed by atoms with Crippen molar-refractivity contribution in [1.29, 1.82) is 0 Å². The van der Waals surface area contributed by atoms with Crippen molar-refractivity contribution in [1.82, 2.24) is 20.4 Å². The highest BCUT2D eigenvalue weighted by Crippen LogP contribution is 2.28. The molecular formula is C10H8F2N4O. The highest BCUT2D eigenvalue weighted by Gasteiger charge is 2.15. The normalized spacial score (nSPS) is 10.4. The molecule has 1 aromatic carbocycles. The lowest BCUT2D eigenvalue weighted by Crippen LogP contribution is -2.01. The van der Waals surface area contributed by atoms with E-state index < -0.39 is 11.6 Å². The summed E-state index contributed by atoms with van der Waals surface area (Å²) in [7, 11) is 1.34. The molecule has 7 heteroatoms. The minimum atomic E-state index is -1.01. The van der Waals surface area contributed by atoms with Gasteiger partial charge in [-0.2, -0.15) is 0 Å². The zero-order valence-corrected chi connectivity index (χ0v) is 9.11. The third-order valence-electron chi connectivity index (χ3n) is 2.06. The summed E-state index contributed by atoms with van der Waals surface area (Å²) < 4.78 is 31.1. The number of benzene rings is 1. The van der Waals surface area contributed by atoms with Gasteiger partial charge in [-0.3, -0.25) is 0 Å². The first-order valence-electron chi connectivity index (χ1n) is 4.69. The predicted octanol–water partition coefficient (Wildman–Crippen LogP) is 1.53. The number of methoxy groups -OCH3 is 1. The zero-order valence-electron chi connectivity index (χ0n) is 9.11. The van der Waals surface area contributed by atoms with Crippen molar-refractivity contribution >= 4 is 0 Å². The summed E-state index contributed by atoms with van der Waals surface area (Å²) in [6, 6.07) is 1.87. The number of aryl methyl sites for hydroxylation is 1. The van der Waals surface area contributed by atoms with E-state index in [-0.39, 0.29) is 17.1 Å². The van der Waals surface area contributed by atoms with Crippen LogP contribution in [-0.4, -0.2) is 27.5 Å². The number of nitrogens with zero attached hydrogens (tertiary/aromatic N) is 4. The van der Waals surface area contributed by atoms with Crippen molar-refractivity contribution in [2.24, 2.45) is 0 Å². The molecule has 0 aliphatic carbocycles. The van der Waals surface area contributed by atoms with Gasteiger partial charge in [0.1, 0.15) is 5.75 Å². The molecule has 0 saturated heterocycles. The Morgan fingerprint density at radius 2 is 1.59 bits per heavy atom. The lowest BCUT2D eigenvalue weighted by atomic mass is 10.2. The van der Waals surface area contributed by atoms with Gasteiger partial charge < -0.3 is 4.74 Å². The molecule has 0 aliphatic rings. The fourth-order valence-corrected chi connectivity index (χ4v) is 1.26. The SMILES string of the molecule is COc1cc(F)c(F)cc1-c1nnc(C)nn1. The van der Waals surface area contributed by atoms with Crippen LogP contribution in [0.5, 0.6) is 5.75 Å². The largest absolute Gasteiger partial charge is 0.496 e. The summed E-state index contributed by atoms with van der Waals surface area (Å²) in [6.45, 7) is 1.62. The highest BCUT2D eigenvalue weighted by molar-refractivity contribution is 5.63. The summed E-state index contributed by atoms with van der Waals surface area (Å²) in [5.74, 6) is -1.43. The van der Waals surface area contributed by atoms with Gasteiger partial charge in [-0.05, 0) is 13.0 Å². The fourth-order valence-electron chi connectivity index (χ4n) is 1.26. The third kappa shape index (κ3) is 2.17. The van der Waals surface area contributed by atoms with E-state index in [9.17, 15) is 8.78 Å². The maximum Gasteiger partial charge on any atom is 0.207 e. The van der Waals surface area contributed by atoms with Crippen LogP contribution in [0, 0.1) is 18.6 Å². The van der Waals surface area contributed by atoms with Gasteiger partial charge in [0.2, 0.25) is 5.82 Å². The molecule has 0 N–H and O–H groups in total. The molecule has 0 bridgehead atoms. The van der Waals surface area contributed by atoms with E-state index in [0.29, 0.717) is 5.82 Å². The smallest absolute Gasteiger partial charge is 0.207 e. The van der Waals surface area contributed by atoms with E-state index in [2.05, 4.69) is 20.4 Å². The van der Waals surface area contributed by atoms with E-state index in [1.54, 1.807) is 6.92 Å². The fraction of sp³-hybridized carbons (Fsp3) is 0.200. The molecule has 1 heterocycles. The van der Waals surface area contributed by atoms with Crippen LogP contribution in [0.1, 0.15) is 5.82 Å². The van der Waals surface area contributed by atoms with Crippen molar-refractivity contribution < 1.29 is 13.5 Å². The molecule has 1 aromatic heterocycles. The van der Waals surface area contributed by atoms with Crippen molar-refractivity contribution in [2.45, 2.75) is 6.92 Å². The van der Waals surface area contributed by atoms with Gasteiger partial charge in [0.05, 0.1) is 12.7 Å². The van der Waals surface area contributed by atoms with Gasteiger partial charge >= 0.3 is 0 Å². The second-order valence-electron chi connectivity index (χ2n) is 3.24. The second-order valence-corrected chi connectivity index (χ2v) is 3.24. The third-order valence-corrected chi connectivity index (χ3v) is 2.06. The molecule has 0 unspecified atom stereocenters. The van der Waals surface area contributed by atoms with Crippen molar-refractivity contribution in [3.05, 3.63) is 29.6 Å². The van der Waals surface area contributed by atoms with Crippen LogP contribution >= 0.6 is 0 Å². The second kappa shape index (κ2) is 4.36. The molecule has 0 radical (unpaired) electrons. The van der Waals surface area contributed by atoms with Gasteiger partial charge in [-0.25, -0.2) is 8.78 Å². The molecule has 2 aromatic rings. The number of ether oxygens (including phenoxy) is 1. The topological polar surface area (TPSA) is 60.8 Å². The Morgan fingerprint density at radius 1 is 1.00 bits per heavy atom. The first-order chi connectivity index (χ1) is 8.11. The monoisotopic (exact) mass is 238 g/mol. The average molecular weight is 238 g/mol. The van der Waals surface area contributed by atoms with E-state index >= 15 is 0 Å². The molecule has 5 nitrogen and oxygen atoms in total. The molecule has 88 valence electrons. The van der Waals surface area contributed by atoms with Gasteiger partial charge in [-0.15, -0.1) is 20.4 Å². The maximum atomic E-state index is 13.1. The molecule has 0 atom stereocenters. The Morgan fingerprint density at radius 3 is 2.18 bits per heavy atom. The number of hydrogen-bond donors (Lipinski definition) is 0. The molecule has 0 aliphatic heterocycles. The van der Waals surface area contributed by atoms with Crippen LogP contribution in [0.3, 0.4) is 0 Å². The molecular weight excluding hydrogens is 230 g/mol. The quantitative estimate of drug-likeness (QED) is 0.794. The Labute approximate surface area is 95.5 Å². The van der Waals surface area contributed by atoms with Gasteiger partial charge in [-0.1, -0.05) is 0 Å². The zero-order chi connectivity index (χ0) is 12.4. The number of rotatable bonds is 2. The van der Waals surface area contributed by atoms with Gasteiger partial charge in [0.25, 0.3) is 0 Å². The molecule has 2 rings (SSSR count). The van der Waals surface area contributed by atoms with Crippen LogP contribution < -0.4 is 4.74 Å². The van der Waals surface area contributed by atoms with Crippen LogP contribution in [0.4, 0.5) is 8.78 Å². The molecule has 0 amide bonds. The molecule has 17 heavy (non-hydrogen) atoms. The minimum absolute atomic E-state index is 0.0753. The Hall–Kier alpha value is -2.18. The summed E-state index contributed by atoms with van der Waals surface area (Å²) in [5, 5.41) is 14.8. The maximum absolute atomic E-state index is 13.1. The van der Waals surface area contributed by atoms with E-state index in [1.165, 1.54) is 7.11 Å². The van der Waals surface area contributed by atoms with Crippen molar-refractivity contribution in [3.63, 3.8) is 0 Å². The first-order valence-corrected chi connectivity index (χ1v) is 4.69. The Balaban J connectivity index is 2.57. The number of aromatic nitrogens is 4. The van der Waals surface area contributed by atoms with E-state index in [4.69, 9.17) is 4.74 Å². The number of hydrogen-bond acceptors (Lipinski definition) is 5. The van der Waals surface area contributed by atoms with Crippen LogP contribution in [-0.2, 0) is 0 Å². The molecule has 0 fully saturated rings. The van der Waals surface area contributed by atoms with Crippen molar-refractivity contribution in [3.8, 4) is 17.1 Å². The lowest BCUT2D eigenvalue weighted by Gasteiger charge is -2.06. The first kappa shape index (κ1) is 11.3. The van der Waals surface area contributed by atoms with Crippen molar-refractivity contribution in [2.75, 3.05) is 7.11 Å². The van der Waals surface area contributed by atoms with E-state index in [1.807, 2.05) is 0 Å². The van der Waals surface area contributed by atoms with Crippen LogP contribution in [0.25, 0.3) is 11.4 Å². The van der Waals surface area contributed by atoms with Gasteiger partial charge in [0.15, 0.2) is 17.5 Å². The van der Waals surface area contributed by atoms with E-state index in [0.717, 1.165) is 12.1 Å². The summed E-state index contributed by atoms with van der Waals surface area (Å²) in [4.78, 5) is 0. The standard InChI is InChI=1S/C10H8F2N4O/c1-5-13-15-10(16-14-5)6-3-7(11)8(12)4-9(6)17-2/h3-4H,1-2H3. The highest BCUT2D eigenvalue weighted by atomic mass is 19.2. The van der Waals surface area contributed by atoms with Crippen LogP contribution in [0.15, 0.2) is 12.1 Å².